The Bertz CT molecular complexity index is 503. The van der Waals surface area contributed by atoms with Gasteiger partial charge in [-0.15, -0.1) is 0 Å². The summed E-state index contributed by atoms with van der Waals surface area (Å²) in [6.45, 7) is -0.977. The molecule has 1 aromatic rings. The number of rotatable bonds is 6. The number of carbonyl (C=O) groups excluding carboxylic acids is 1. The van der Waals surface area contributed by atoms with Gasteiger partial charge in [-0.2, -0.15) is 0 Å². The summed E-state index contributed by atoms with van der Waals surface area (Å²) in [5.41, 5.74) is -0.283. The maximum atomic E-state index is 13.4. The van der Waals surface area contributed by atoms with Crippen LogP contribution in [0.5, 0.6) is 0 Å². The molecule has 1 aromatic carbocycles. The minimum absolute atomic E-state index is 0.283. The fraction of sp³-hybridized carbons (Fsp3) is 0.250. The van der Waals surface area contributed by atoms with Crippen molar-refractivity contribution in [1.82, 2.24) is 4.90 Å². The number of halogens is 1. The molecule has 0 aromatic heterocycles. The molecule has 2 N–H and O–H groups in total. The zero-order chi connectivity index (χ0) is 14.4. The number of carboxylic acids is 2. The Balaban J connectivity index is 2.90. The van der Waals surface area contributed by atoms with Crippen LogP contribution in [-0.4, -0.2) is 46.0 Å². The van der Waals surface area contributed by atoms with E-state index in [1.54, 1.807) is 0 Å². The van der Waals surface area contributed by atoms with E-state index < -0.39 is 36.6 Å². The highest BCUT2D eigenvalue weighted by atomic mass is 19.1. The largest absolute Gasteiger partial charge is 0.481 e. The fourth-order valence-electron chi connectivity index (χ4n) is 1.45. The van der Waals surface area contributed by atoms with Gasteiger partial charge in [0.1, 0.15) is 12.4 Å². The van der Waals surface area contributed by atoms with Crippen molar-refractivity contribution in [2.24, 2.45) is 0 Å². The molecule has 0 unspecified atom stereocenters. The predicted octanol–water partition coefficient (Wildman–Crippen LogP) is 0.827. The Morgan fingerprint density at radius 3 is 2.26 bits per heavy atom. The van der Waals surface area contributed by atoms with Crippen molar-refractivity contribution in [1.29, 1.82) is 0 Å². The molecule has 0 aliphatic heterocycles. The number of aliphatic carboxylic acids is 2. The molecule has 7 heteroatoms. The molecule has 1 rings (SSSR count). The highest BCUT2D eigenvalue weighted by Gasteiger charge is 2.21. The average Bonchev–Trinajstić information content (AvgIpc) is 2.33. The SMILES string of the molecule is O=C(O)CCN(CC(=O)O)C(=O)c1ccccc1F. The third-order valence-corrected chi connectivity index (χ3v) is 2.31. The standard InChI is InChI=1S/C12H12FNO5/c13-9-4-2-1-3-8(9)12(19)14(7-11(17)18)6-5-10(15)16/h1-4H,5-7H2,(H,15,16)(H,17,18). The number of carboxylic acid groups (broad SMARTS) is 2. The normalized spacial score (nSPS) is 9.95. The van der Waals surface area contributed by atoms with Gasteiger partial charge in [-0.05, 0) is 12.1 Å². The van der Waals surface area contributed by atoms with Crippen molar-refractivity contribution < 1.29 is 29.0 Å². The summed E-state index contributed by atoms with van der Waals surface area (Å²) < 4.78 is 13.4. The molecule has 19 heavy (non-hydrogen) atoms. The van der Waals surface area contributed by atoms with Gasteiger partial charge in [0.25, 0.3) is 5.91 Å². The van der Waals surface area contributed by atoms with Gasteiger partial charge in [-0.1, -0.05) is 12.1 Å². The van der Waals surface area contributed by atoms with Crippen LogP contribution in [0.25, 0.3) is 0 Å². The molecule has 6 nitrogen and oxygen atoms in total. The molecule has 0 spiro atoms. The first-order valence-corrected chi connectivity index (χ1v) is 5.39. The number of amides is 1. The Hall–Kier alpha value is -2.44. The van der Waals surface area contributed by atoms with Gasteiger partial charge in [0.2, 0.25) is 0 Å². The van der Waals surface area contributed by atoms with Crippen LogP contribution >= 0.6 is 0 Å². The summed E-state index contributed by atoms with van der Waals surface area (Å²) in [6.07, 6.45) is -0.409. The van der Waals surface area contributed by atoms with Gasteiger partial charge in [-0.3, -0.25) is 14.4 Å². The van der Waals surface area contributed by atoms with E-state index in [1.807, 2.05) is 0 Å². The summed E-state index contributed by atoms with van der Waals surface area (Å²) in [6, 6.07) is 5.12. The first-order valence-electron chi connectivity index (χ1n) is 5.39. The van der Waals surface area contributed by atoms with Crippen molar-refractivity contribution >= 4 is 17.8 Å². The smallest absolute Gasteiger partial charge is 0.323 e. The van der Waals surface area contributed by atoms with Crippen LogP contribution in [0.1, 0.15) is 16.8 Å². The molecule has 0 aliphatic carbocycles. The molecule has 0 saturated carbocycles. The zero-order valence-electron chi connectivity index (χ0n) is 9.88. The van der Waals surface area contributed by atoms with E-state index in [4.69, 9.17) is 10.2 Å². The molecular weight excluding hydrogens is 257 g/mol. The van der Waals surface area contributed by atoms with Crippen LogP contribution in [0.2, 0.25) is 0 Å². The maximum Gasteiger partial charge on any atom is 0.323 e. The van der Waals surface area contributed by atoms with E-state index in [2.05, 4.69) is 0 Å². The third-order valence-electron chi connectivity index (χ3n) is 2.31. The quantitative estimate of drug-likeness (QED) is 0.797. The van der Waals surface area contributed by atoms with Gasteiger partial charge >= 0.3 is 11.9 Å². The van der Waals surface area contributed by atoms with E-state index in [0.717, 1.165) is 11.0 Å². The number of hydrogen-bond acceptors (Lipinski definition) is 3. The molecule has 0 bridgehead atoms. The fourth-order valence-corrected chi connectivity index (χ4v) is 1.45. The highest BCUT2D eigenvalue weighted by Crippen LogP contribution is 2.10. The first kappa shape index (κ1) is 14.6. The van der Waals surface area contributed by atoms with Gasteiger partial charge in [0.15, 0.2) is 0 Å². The Morgan fingerprint density at radius 1 is 1.11 bits per heavy atom. The van der Waals surface area contributed by atoms with Crippen LogP contribution in [0, 0.1) is 5.82 Å². The van der Waals surface area contributed by atoms with Crippen LogP contribution in [0.4, 0.5) is 4.39 Å². The van der Waals surface area contributed by atoms with E-state index in [0.29, 0.717) is 0 Å². The number of nitrogens with zero attached hydrogens (tertiary/aromatic N) is 1. The van der Waals surface area contributed by atoms with E-state index in [9.17, 15) is 18.8 Å². The van der Waals surface area contributed by atoms with Crippen molar-refractivity contribution in [3.8, 4) is 0 Å². The monoisotopic (exact) mass is 269 g/mol. The van der Waals surface area contributed by atoms with Crippen molar-refractivity contribution in [2.45, 2.75) is 6.42 Å². The lowest BCUT2D eigenvalue weighted by Gasteiger charge is -2.20. The summed E-state index contributed by atoms with van der Waals surface area (Å²) >= 11 is 0. The summed E-state index contributed by atoms with van der Waals surface area (Å²) in [5, 5.41) is 17.2. The second-order valence-electron chi connectivity index (χ2n) is 3.74. The number of carbonyl (C=O) groups is 3. The van der Waals surface area contributed by atoms with Gasteiger partial charge in [0, 0.05) is 6.54 Å². The lowest BCUT2D eigenvalue weighted by molar-refractivity contribution is -0.140. The molecule has 0 atom stereocenters. The third kappa shape index (κ3) is 4.38. The van der Waals surface area contributed by atoms with E-state index >= 15 is 0 Å². The molecule has 102 valence electrons. The van der Waals surface area contributed by atoms with Crippen LogP contribution in [0.15, 0.2) is 24.3 Å². The summed E-state index contributed by atoms with van der Waals surface area (Å²) in [7, 11) is 0. The number of hydrogen-bond donors (Lipinski definition) is 2. The second-order valence-corrected chi connectivity index (χ2v) is 3.74. The predicted molar refractivity (Wildman–Crippen MR) is 62.2 cm³/mol. The first-order chi connectivity index (χ1) is 8.91. The highest BCUT2D eigenvalue weighted by molar-refractivity contribution is 5.96. The average molecular weight is 269 g/mol. The molecule has 0 fully saturated rings. The molecule has 0 radical (unpaired) electrons. The molecule has 0 aliphatic rings. The van der Waals surface area contributed by atoms with Gasteiger partial charge in [0.05, 0.1) is 12.0 Å². The van der Waals surface area contributed by atoms with Crippen LogP contribution in [-0.2, 0) is 9.59 Å². The number of benzene rings is 1. The zero-order valence-corrected chi connectivity index (χ0v) is 9.88. The molecular formula is C12H12FNO5. The minimum Gasteiger partial charge on any atom is -0.481 e. The summed E-state index contributed by atoms with van der Waals surface area (Å²) in [5.74, 6) is -4.09. The topological polar surface area (TPSA) is 94.9 Å². The van der Waals surface area contributed by atoms with Crippen LogP contribution in [0.3, 0.4) is 0 Å². The lowest BCUT2D eigenvalue weighted by Crippen LogP contribution is -2.37. The van der Waals surface area contributed by atoms with Crippen LogP contribution < -0.4 is 0 Å². The van der Waals surface area contributed by atoms with E-state index in [1.165, 1.54) is 18.2 Å². The molecule has 0 heterocycles. The summed E-state index contributed by atoms with van der Waals surface area (Å²) in [4.78, 5) is 33.8. The minimum atomic E-state index is -1.30. The Kier molecular flexibility index (Phi) is 4.99. The van der Waals surface area contributed by atoms with Crippen molar-refractivity contribution in [3.63, 3.8) is 0 Å². The maximum absolute atomic E-state index is 13.4. The van der Waals surface area contributed by atoms with E-state index in [-0.39, 0.29) is 12.1 Å². The molecule has 1 amide bonds. The Labute approximate surface area is 108 Å². The van der Waals surface area contributed by atoms with Crippen molar-refractivity contribution in [3.05, 3.63) is 35.6 Å². The van der Waals surface area contributed by atoms with Crippen molar-refractivity contribution in [2.75, 3.05) is 13.1 Å². The lowest BCUT2D eigenvalue weighted by atomic mass is 10.2. The van der Waals surface area contributed by atoms with Gasteiger partial charge in [-0.25, -0.2) is 4.39 Å². The Morgan fingerprint density at radius 2 is 1.74 bits per heavy atom. The molecule has 0 saturated heterocycles. The van der Waals surface area contributed by atoms with Gasteiger partial charge < -0.3 is 15.1 Å². The second kappa shape index (κ2) is 6.48.